The maximum atomic E-state index is 15.5. The van der Waals surface area contributed by atoms with Crippen LogP contribution < -0.4 is 36.1 Å². The fourth-order valence-corrected chi connectivity index (χ4v) is 14.6. The molecule has 0 aliphatic carbocycles. The van der Waals surface area contributed by atoms with Crippen molar-refractivity contribution in [1.82, 2.24) is 15.5 Å². The van der Waals surface area contributed by atoms with E-state index in [-0.39, 0.29) is 72.8 Å². The second kappa shape index (κ2) is 16.8. The average Bonchev–Trinajstić information content (AvgIpc) is 4.09. The molecule has 7 atom stereocenters. The fraction of sp³-hybridized carbons (Fsp3) is 0.511. The van der Waals surface area contributed by atoms with Gasteiger partial charge in [-0.2, -0.15) is 0 Å². The normalized spacial score (nSPS) is 27.7. The molecule has 8 rings (SSSR count). The smallest absolute Gasteiger partial charge is 0.264 e. The summed E-state index contributed by atoms with van der Waals surface area (Å²) in [5, 5.41) is 23.9. The summed E-state index contributed by atoms with van der Waals surface area (Å²) in [6, 6.07) is 20.6. The first kappa shape index (κ1) is 41.1. The largest absolute Gasteiger partial charge is 0.497 e. The van der Waals surface area contributed by atoms with Gasteiger partial charge in [-0.15, -0.1) is 0 Å². The maximum Gasteiger partial charge on any atom is 0.264 e. The number of methoxy groups -OCH3 is 1. The van der Waals surface area contributed by atoms with E-state index in [1.54, 1.807) is 16.9 Å². The zero-order chi connectivity index (χ0) is 41.5. The van der Waals surface area contributed by atoms with Crippen LogP contribution in [0.5, 0.6) is 5.75 Å². The summed E-state index contributed by atoms with van der Waals surface area (Å²) < 4.78 is 12.8. The Kier molecular flexibility index (Phi) is 11.7. The van der Waals surface area contributed by atoms with Gasteiger partial charge in [0.1, 0.15) is 5.75 Å². The van der Waals surface area contributed by atoms with Crippen LogP contribution in [0.1, 0.15) is 63.0 Å². The Labute approximate surface area is 347 Å². The predicted molar refractivity (Wildman–Crippen MR) is 229 cm³/mol. The van der Waals surface area contributed by atoms with Crippen molar-refractivity contribution in [3.63, 3.8) is 0 Å². The first-order valence-corrected chi connectivity index (χ1v) is 24.4. The Balaban J connectivity index is 1.16. The second-order valence-corrected chi connectivity index (χ2v) is 22.2. The molecular weight excluding hydrogens is 765 g/mol. The lowest BCUT2D eigenvalue weighted by molar-refractivity contribution is -0.150. The molecule has 5 N–H and O–H groups in total. The number of aliphatic hydroxyl groups is 1. The van der Waals surface area contributed by atoms with Crippen molar-refractivity contribution in [3.05, 3.63) is 77.9 Å². The molecule has 3 aromatic rings. The lowest BCUT2D eigenvalue weighted by Crippen LogP contribution is -2.52. The molecule has 5 aliphatic rings. The molecule has 5 heterocycles. The summed E-state index contributed by atoms with van der Waals surface area (Å²) in [4.78, 5) is 59.5. The minimum absolute atomic E-state index is 0.0554. The molecule has 14 heteroatoms. The third kappa shape index (κ3) is 7.69. The summed E-state index contributed by atoms with van der Waals surface area (Å²) in [6.07, 6.45) is 4.52. The Morgan fingerprint density at radius 2 is 1.54 bits per heavy atom. The number of hydrogen-bond acceptors (Lipinski definition) is 9. The van der Waals surface area contributed by atoms with Crippen molar-refractivity contribution in [2.75, 3.05) is 48.9 Å². The van der Waals surface area contributed by atoms with E-state index < -0.39 is 19.8 Å². The lowest BCUT2D eigenvalue weighted by atomic mass is 9.82. The Bertz CT molecular complexity index is 2050. The number of hydrogen-bond donors (Lipinski definition) is 5. The highest BCUT2D eigenvalue weighted by Gasteiger charge is 2.66. The fourth-order valence-electron chi connectivity index (χ4n) is 10.5. The Morgan fingerprint density at radius 1 is 0.898 bits per heavy atom. The number of rotatable bonds is 12. The third-order valence-corrected chi connectivity index (χ3v) is 18.1. The number of fused-ring (bicyclic) bond motifs is 2. The van der Waals surface area contributed by atoms with E-state index in [9.17, 15) is 19.5 Å². The van der Waals surface area contributed by atoms with Gasteiger partial charge in [-0.3, -0.25) is 19.2 Å². The van der Waals surface area contributed by atoms with Gasteiger partial charge in [0.25, 0.3) is 5.91 Å². The zero-order valence-electron chi connectivity index (χ0n) is 34.6. The topological polar surface area (TPSA) is 162 Å². The Morgan fingerprint density at radius 3 is 2.15 bits per heavy atom. The number of aliphatic hydroxyl groups excluding tert-OH is 1. The second-order valence-electron chi connectivity index (χ2n) is 17.5. The standard InChI is InChI=1S/C45H58N6O7Si/c1-28-41(59(3,4)34-18-16-33(57-2)17-19-34)39(25-40(53)50-23-7-8-32(50)27-52)58-45(28)35-24-31(49-43(55)37-10-6-22-47-37)15-20-38(35)51(44(45)56)26-29-11-13-30(14-12-29)48-42(54)36-9-5-21-46-36/h11-20,24,28,32,36-37,39,41,46-47,52H,5-10,21-23,25-27H2,1-4H3,(H,48,54)(H,49,55)/t28-,32+,36-,37-,39+,41-,45+/m1/s1. The molecule has 4 fully saturated rings. The number of amides is 4. The number of nitrogens with zero attached hydrogens (tertiary/aromatic N) is 2. The number of likely N-dealkylation sites (tertiary alicyclic amines) is 1. The molecule has 1 spiro atoms. The average molecular weight is 823 g/mol. The minimum atomic E-state index is -2.56. The van der Waals surface area contributed by atoms with E-state index in [0.717, 1.165) is 68.1 Å². The number of carbonyl (C=O) groups excluding carboxylic acids is 4. The van der Waals surface area contributed by atoms with Crippen molar-refractivity contribution in [1.29, 1.82) is 0 Å². The maximum absolute atomic E-state index is 15.5. The summed E-state index contributed by atoms with van der Waals surface area (Å²) in [6.45, 7) is 9.02. The van der Waals surface area contributed by atoms with Gasteiger partial charge in [0, 0.05) is 29.4 Å². The molecule has 0 unspecified atom stereocenters. The van der Waals surface area contributed by atoms with Crippen LogP contribution in [0.25, 0.3) is 0 Å². The van der Waals surface area contributed by atoms with E-state index in [0.29, 0.717) is 29.2 Å². The first-order valence-electron chi connectivity index (χ1n) is 21.3. The number of anilines is 3. The summed E-state index contributed by atoms with van der Waals surface area (Å²) >= 11 is 0. The molecule has 4 saturated heterocycles. The molecule has 4 amide bonds. The number of benzene rings is 3. The van der Waals surface area contributed by atoms with Crippen LogP contribution in [0.2, 0.25) is 18.6 Å². The van der Waals surface area contributed by atoms with Crippen molar-refractivity contribution < 1.29 is 33.8 Å². The van der Waals surface area contributed by atoms with E-state index in [1.807, 2.05) is 54.6 Å². The molecule has 59 heavy (non-hydrogen) atoms. The molecule has 0 aromatic heterocycles. The number of nitrogens with one attached hydrogen (secondary N) is 4. The van der Waals surface area contributed by atoms with Crippen LogP contribution in [0.15, 0.2) is 66.7 Å². The zero-order valence-corrected chi connectivity index (χ0v) is 35.6. The quantitative estimate of drug-likeness (QED) is 0.169. The molecule has 3 aromatic carbocycles. The highest BCUT2D eigenvalue weighted by molar-refractivity contribution is 6.91. The Hall–Kier alpha value is -4.60. The van der Waals surface area contributed by atoms with Gasteiger partial charge < -0.3 is 45.6 Å². The molecule has 0 radical (unpaired) electrons. The SMILES string of the molecule is COc1ccc([Si](C)(C)[C@H]2[C@H](CC(=O)N3CCC[C@H]3CO)O[C@@]3(C(=O)N(Cc4ccc(NC(=O)[C@H]5CCCN5)cc4)c4ccc(NC(=O)[C@H]5CCCN5)cc43)[C@@H]2C)cc1. The van der Waals surface area contributed by atoms with Crippen LogP contribution >= 0.6 is 0 Å². The van der Waals surface area contributed by atoms with Crippen LogP contribution in [-0.2, 0) is 36.1 Å². The third-order valence-electron chi connectivity index (χ3n) is 13.7. The van der Waals surface area contributed by atoms with Crippen molar-refractivity contribution >= 4 is 54.0 Å². The number of carbonyl (C=O) groups is 4. The molecule has 0 saturated carbocycles. The summed E-state index contributed by atoms with van der Waals surface area (Å²) in [5.41, 5.74) is 1.88. The molecule has 13 nitrogen and oxygen atoms in total. The van der Waals surface area contributed by atoms with Gasteiger partial charge in [-0.05, 0) is 105 Å². The van der Waals surface area contributed by atoms with Crippen LogP contribution in [0, 0.1) is 5.92 Å². The van der Waals surface area contributed by atoms with E-state index >= 15 is 4.79 Å². The van der Waals surface area contributed by atoms with Crippen molar-refractivity contribution in [2.45, 2.75) is 107 Å². The molecule has 0 bridgehead atoms. The van der Waals surface area contributed by atoms with Gasteiger partial charge in [0.15, 0.2) is 5.60 Å². The van der Waals surface area contributed by atoms with Crippen molar-refractivity contribution in [3.8, 4) is 5.75 Å². The van der Waals surface area contributed by atoms with E-state index in [1.165, 1.54) is 0 Å². The predicted octanol–water partition coefficient (Wildman–Crippen LogP) is 4.21. The van der Waals surface area contributed by atoms with Crippen LogP contribution in [0.3, 0.4) is 0 Å². The number of ether oxygens (including phenoxy) is 2. The highest BCUT2D eigenvalue weighted by atomic mass is 28.3. The summed E-state index contributed by atoms with van der Waals surface area (Å²) in [5.74, 6) is -0.0756. The highest BCUT2D eigenvalue weighted by Crippen LogP contribution is 2.60. The minimum Gasteiger partial charge on any atom is -0.497 e. The molecular formula is C45H58N6O7Si. The van der Waals surface area contributed by atoms with E-state index in [4.69, 9.17) is 9.47 Å². The van der Waals surface area contributed by atoms with Gasteiger partial charge in [0.2, 0.25) is 17.7 Å². The van der Waals surface area contributed by atoms with Gasteiger partial charge in [0.05, 0.1) is 64.7 Å². The summed E-state index contributed by atoms with van der Waals surface area (Å²) in [7, 11) is -0.913. The van der Waals surface area contributed by atoms with Gasteiger partial charge in [-0.25, -0.2) is 0 Å². The van der Waals surface area contributed by atoms with Gasteiger partial charge >= 0.3 is 0 Å². The lowest BCUT2D eigenvalue weighted by Gasteiger charge is -2.37. The first-order chi connectivity index (χ1) is 28.4. The van der Waals surface area contributed by atoms with Gasteiger partial charge in [-0.1, -0.05) is 49.5 Å². The van der Waals surface area contributed by atoms with Crippen LogP contribution in [0.4, 0.5) is 17.1 Å². The van der Waals surface area contributed by atoms with Crippen molar-refractivity contribution in [2.24, 2.45) is 5.92 Å². The monoisotopic (exact) mass is 822 g/mol. The molecule has 5 aliphatic heterocycles. The molecule has 314 valence electrons. The van der Waals surface area contributed by atoms with E-state index in [2.05, 4.69) is 53.4 Å². The van der Waals surface area contributed by atoms with Crippen LogP contribution in [-0.4, -0.2) is 99.3 Å².